The van der Waals surface area contributed by atoms with Crippen LogP contribution in [0.3, 0.4) is 0 Å². The lowest BCUT2D eigenvalue weighted by atomic mass is 9.98. The van der Waals surface area contributed by atoms with E-state index >= 15 is 0 Å². The Morgan fingerprint density at radius 3 is 2.85 bits per heavy atom. The summed E-state index contributed by atoms with van der Waals surface area (Å²) in [5.41, 5.74) is 0. The van der Waals surface area contributed by atoms with Crippen molar-refractivity contribution in [3.63, 3.8) is 0 Å². The summed E-state index contributed by atoms with van der Waals surface area (Å²) in [6.07, 6.45) is 2.61. The first-order valence-corrected chi connectivity index (χ1v) is 4.39. The third-order valence-electron chi connectivity index (χ3n) is 2.25. The molecule has 1 N–H and O–H groups in total. The zero-order valence-corrected chi connectivity index (χ0v) is 7.19. The molecule has 2 heterocycles. The zero-order valence-electron chi connectivity index (χ0n) is 7.19. The van der Waals surface area contributed by atoms with Gasteiger partial charge in [0.05, 0.1) is 0 Å². The predicted octanol–water partition coefficient (Wildman–Crippen LogP) is 0.349. The molecule has 0 unspecified atom stereocenters. The van der Waals surface area contributed by atoms with Crippen LogP contribution in [0.1, 0.15) is 35.3 Å². The molecule has 1 aromatic rings. The lowest BCUT2D eigenvalue weighted by Gasteiger charge is -2.18. The van der Waals surface area contributed by atoms with Crippen molar-refractivity contribution in [2.24, 2.45) is 0 Å². The van der Waals surface area contributed by atoms with Gasteiger partial charge in [-0.25, -0.2) is 0 Å². The van der Waals surface area contributed by atoms with Crippen LogP contribution in [-0.2, 0) is 0 Å². The lowest BCUT2D eigenvalue weighted by molar-refractivity contribution is 0.111. The van der Waals surface area contributed by atoms with E-state index in [0.29, 0.717) is 18.1 Å². The highest BCUT2D eigenvalue weighted by Gasteiger charge is 2.20. The molecule has 13 heavy (non-hydrogen) atoms. The Balaban J connectivity index is 2.09. The fourth-order valence-electron chi connectivity index (χ4n) is 1.53. The molecule has 2 rings (SSSR count). The Morgan fingerprint density at radius 1 is 1.46 bits per heavy atom. The van der Waals surface area contributed by atoms with E-state index in [1.165, 1.54) is 0 Å². The van der Waals surface area contributed by atoms with Crippen molar-refractivity contribution in [2.75, 3.05) is 13.1 Å². The molecular weight excluding hydrogens is 170 g/mol. The molecule has 0 aliphatic carbocycles. The second-order valence-electron chi connectivity index (χ2n) is 3.13. The molecule has 0 aromatic carbocycles. The molecule has 0 atom stereocenters. The molecule has 1 saturated heterocycles. The van der Waals surface area contributed by atoms with Gasteiger partial charge in [0.2, 0.25) is 11.7 Å². The fourth-order valence-corrected chi connectivity index (χ4v) is 1.53. The minimum absolute atomic E-state index is 0.147. The molecule has 5 heteroatoms. The molecule has 70 valence electrons. The molecule has 1 aliphatic rings. The third kappa shape index (κ3) is 1.75. The first-order valence-electron chi connectivity index (χ1n) is 4.39. The van der Waals surface area contributed by atoms with E-state index in [9.17, 15) is 4.79 Å². The Kier molecular flexibility index (Phi) is 2.35. The Labute approximate surface area is 75.5 Å². The van der Waals surface area contributed by atoms with Crippen LogP contribution in [0.25, 0.3) is 0 Å². The summed E-state index contributed by atoms with van der Waals surface area (Å²) in [6, 6.07) is 0. The maximum Gasteiger partial charge on any atom is 0.235 e. The average molecular weight is 181 g/mol. The van der Waals surface area contributed by atoms with E-state index in [2.05, 4.69) is 15.5 Å². The minimum atomic E-state index is 0.147. The summed E-state index contributed by atoms with van der Waals surface area (Å²) < 4.78 is 4.97. The van der Waals surface area contributed by atoms with Crippen LogP contribution in [0, 0.1) is 0 Å². The maximum atomic E-state index is 10.3. The molecule has 0 bridgehead atoms. The Bertz CT molecular complexity index is 291. The highest BCUT2D eigenvalue weighted by Crippen LogP contribution is 2.22. The SMILES string of the molecule is O=Cc1noc(C2CCNCC2)n1. The maximum absolute atomic E-state index is 10.3. The molecule has 0 spiro atoms. The van der Waals surface area contributed by atoms with Crippen LogP contribution in [0.2, 0.25) is 0 Å². The summed E-state index contributed by atoms with van der Waals surface area (Å²) in [7, 11) is 0. The van der Waals surface area contributed by atoms with E-state index in [1.54, 1.807) is 0 Å². The average Bonchev–Trinajstić information content (AvgIpc) is 2.67. The standard InChI is InChI=1S/C8H11N3O2/c12-5-7-10-8(13-11-7)6-1-3-9-4-2-6/h5-6,9H,1-4H2. The number of hydrogen-bond donors (Lipinski definition) is 1. The number of rotatable bonds is 2. The van der Waals surface area contributed by atoms with Gasteiger partial charge < -0.3 is 9.84 Å². The molecule has 5 nitrogen and oxygen atoms in total. The molecule has 1 fully saturated rings. The van der Waals surface area contributed by atoms with E-state index in [4.69, 9.17) is 4.52 Å². The van der Waals surface area contributed by atoms with Gasteiger partial charge in [0.15, 0.2) is 6.29 Å². The summed E-state index contributed by atoms with van der Waals surface area (Å²) in [5, 5.41) is 6.78. The van der Waals surface area contributed by atoms with Gasteiger partial charge in [-0.05, 0) is 25.9 Å². The summed E-state index contributed by atoms with van der Waals surface area (Å²) in [5.74, 6) is 1.07. The summed E-state index contributed by atoms with van der Waals surface area (Å²) in [6.45, 7) is 1.95. The van der Waals surface area contributed by atoms with Crippen LogP contribution in [0.4, 0.5) is 0 Å². The van der Waals surface area contributed by atoms with Gasteiger partial charge in [-0.15, -0.1) is 0 Å². The quantitative estimate of drug-likeness (QED) is 0.667. The topological polar surface area (TPSA) is 68.0 Å². The first-order chi connectivity index (χ1) is 6.40. The number of hydrogen-bond acceptors (Lipinski definition) is 5. The van der Waals surface area contributed by atoms with E-state index in [0.717, 1.165) is 25.9 Å². The summed E-state index contributed by atoms with van der Waals surface area (Å²) in [4.78, 5) is 14.3. The first kappa shape index (κ1) is 8.37. The number of nitrogens with zero attached hydrogens (tertiary/aromatic N) is 2. The molecule has 0 saturated carbocycles. The van der Waals surface area contributed by atoms with Crippen LogP contribution in [0.15, 0.2) is 4.52 Å². The van der Waals surface area contributed by atoms with Crippen molar-refractivity contribution in [3.05, 3.63) is 11.7 Å². The van der Waals surface area contributed by atoms with Gasteiger partial charge in [0.1, 0.15) is 0 Å². The molecular formula is C8H11N3O2. The van der Waals surface area contributed by atoms with E-state index < -0.39 is 0 Å². The van der Waals surface area contributed by atoms with Crippen molar-refractivity contribution < 1.29 is 9.32 Å². The summed E-state index contributed by atoms with van der Waals surface area (Å²) >= 11 is 0. The second-order valence-corrected chi connectivity index (χ2v) is 3.13. The fraction of sp³-hybridized carbons (Fsp3) is 0.625. The normalized spacial score (nSPS) is 18.8. The van der Waals surface area contributed by atoms with Gasteiger partial charge in [0, 0.05) is 5.92 Å². The van der Waals surface area contributed by atoms with Crippen molar-refractivity contribution in [1.82, 2.24) is 15.5 Å². The Hall–Kier alpha value is -1.23. The van der Waals surface area contributed by atoms with Crippen molar-refractivity contribution in [1.29, 1.82) is 0 Å². The van der Waals surface area contributed by atoms with Crippen molar-refractivity contribution >= 4 is 6.29 Å². The number of piperidine rings is 1. The molecule has 1 aromatic heterocycles. The van der Waals surface area contributed by atoms with Crippen molar-refractivity contribution in [3.8, 4) is 0 Å². The van der Waals surface area contributed by atoms with Crippen LogP contribution in [0.5, 0.6) is 0 Å². The third-order valence-corrected chi connectivity index (χ3v) is 2.25. The lowest BCUT2D eigenvalue weighted by Crippen LogP contribution is -2.26. The largest absolute Gasteiger partial charge is 0.339 e. The zero-order chi connectivity index (χ0) is 9.10. The van der Waals surface area contributed by atoms with E-state index in [1.807, 2.05) is 0 Å². The van der Waals surface area contributed by atoms with Gasteiger partial charge in [0.25, 0.3) is 0 Å². The number of carbonyl (C=O) groups excluding carboxylic acids is 1. The smallest absolute Gasteiger partial charge is 0.235 e. The highest BCUT2D eigenvalue weighted by atomic mass is 16.5. The van der Waals surface area contributed by atoms with Crippen LogP contribution in [-0.4, -0.2) is 29.5 Å². The minimum Gasteiger partial charge on any atom is -0.339 e. The second kappa shape index (κ2) is 3.66. The van der Waals surface area contributed by atoms with Gasteiger partial charge in [-0.2, -0.15) is 4.98 Å². The molecule has 0 amide bonds. The van der Waals surface area contributed by atoms with Crippen molar-refractivity contribution in [2.45, 2.75) is 18.8 Å². The van der Waals surface area contributed by atoms with Gasteiger partial charge in [-0.1, -0.05) is 5.16 Å². The molecule has 0 radical (unpaired) electrons. The monoisotopic (exact) mass is 181 g/mol. The van der Waals surface area contributed by atoms with Crippen LogP contribution < -0.4 is 5.32 Å². The predicted molar refractivity (Wildman–Crippen MR) is 44.5 cm³/mol. The van der Waals surface area contributed by atoms with Gasteiger partial charge >= 0.3 is 0 Å². The number of aldehydes is 1. The number of carbonyl (C=O) groups is 1. The highest BCUT2D eigenvalue weighted by molar-refractivity contribution is 5.68. The van der Waals surface area contributed by atoms with Crippen LogP contribution >= 0.6 is 0 Å². The number of nitrogens with one attached hydrogen (secondary N) is 1. The molecule has 1 aliphatic heterocycles. The van der Waals surface area contributed by atoms with Gasteiger partial charge in [-0.3, -0.25) is 4.79 Å². The Morgan fingerprint density at radius 2 is 2.23 bits per heavy atom. The number of aromatic nitrogens is 2. The van der Waals surface area contributed by atoms with E-state index in [-0.39, 0.29) is 5.82 Å².